The Kier molecular flexibility index (Phi) is 4.06. The van der Waals surface area contributed by atoms with Crippen LogP contribution in [0.4, 0.5) is 4.39 Å². The Labute approximate surface area is 132 Å². The molecule has 1 saturated carbocycles. The highest BCUT2D eigenvalue weighted by Crippen LogP contribution is 2.40. The molecule has 0 spiro atoms. The summed E-state index contributed by atoms with van der Waals surface area (Å²) in [5, 5.41) is 10.6. The van der Waals surface area contributed by atoms with Gasteiger partial charge in [-0.25, -0.2) is 4.39 Å². The van der Waals surface area contributed by atoms with Crippen molar-refractivity contribution in [2.45, 2.75) is 37.7 Å². The maximum absolute atomic E-state index is 13.9. The van der Waals surface area contributed by atoms with Gasteiger partial charge in [-0.3, -0.25) is 4.79 Å². The summed E-state index contributed by atoms with van der Waals surface area (Å²) in [4.78, 5) is 14.3. The Morgan fingerprint density at radius 3 is 2.95 bits per heavy atom. The molecule has 1 heterocycles. The van der Waals surface area contributed by atoms with Gasteiger partial charge in [0.2, 0.25) is 0 Å². The largest absolute Gasteiger partial charge is 0.389 e. The van der Waals surface area contributed by atoms with Gasteiger partial charge >= 0.3 is 0 Å². The van der Waals surface area contributed by atoms with Crippen molar-refractivity contribution < 1.29 is 14.3 Å². The van der Waals surface area contributed by atoms with Crippen LogP contribution in [0.2, 0.25) is 0 Å². The van der Waals surface area contributed by atoms with Crippen molar-refractivity contribution >= 4 is 21.8 Å². The third-order valence-corrected chi connectivity index (χ3v) is 5.55. The lowest BCUT2D eigenvalue weighted by atomic mass is 9.71. The summed E-state index contributed by atoms with van der Waals surface area (Å²) in [6.07, 6.45) is 4.51. The first kappa shape index (κ1) is 15.0. The monoisotopic (exact) mass is 355 g/mol. The minimum Gasteiger partial charge on any atom is -0.389 e. The molecule has 0 aromatic heterocycles. The standard InChI is InChI=1S/C16H19BrFNO2/c17-12-5-3-6-13(18)14(12)15(20)19-9-8-16(21)7-2-1-4-11(16)10-19/h3,5-6,11,21H,1-2,4,7-10H2. The summed E-state index contributed by atoms with van der Waals surface area (Å²) >= 11 is 3.26. The number of nitrogens with zero attached hydrogens (tertiary/aromatic N) is 1. The highest BCUT2D eigenvalue weighted by molar-refractivity contribution is 9.10. The van der Waals surface area contributed by atoms with Crippen LogP contribution in [0.15, 0.2) is 22.7 Å². The third-order valence-electron chi connectivity index (χ3n) is 4.89. The number of amides is 1. The molecule has 1 amide bonds. The number of likely N-dealkylation sites (tertiary alicyclic amines) is 1. The highest BCUT2D eigenvalue weighted by Gasteiger charge is 2.44. The third kappa shape index (κ3) is 2.73. The van der Waals surface area contributed by atoms with Crippen LogP contribution in [0.25, 0.3) is 0 Å². The zero-order valence-corrected chi connectivity index (χ0v) is 13.4. The van der Waals surface area contributed by atoms with E-state index >= 15 is 0 Å². The summed E-state index contributed by atoms with van der Waals surface area (Å²) in [7, 11) is 0. The number of hydrogen-bond donors (Lipinski definition) is 1. The molecule has 1 N–H and O–H groups in total. The molecule has 5 heteroatoms. The van der Waals surface area contributed by atoms with Crippen LogP contribution in [-0.2, 0) is 0 Å². The molecule has 2 unspecified atom stereocenters. The number of aliphatic hydroxyl groups is 1. The predicted molar refractivity (Wildman–Crippen MR) is 81.5 cm³/mol. The second kappa shape index (κ2) is 5.69. The summed E-state index contributed by atoms with van der Waals surface area (Å²) in [5.74, 6) is -0.666. The van der Waals surface area contributed by atoms with E-state index in [-0.39, 0.29) is 17.4 Å². The molecule has 1 saturated heterocycles. The number of carbonyl (C=O) groups excluding carboxylic acids is 1. The number of carbonyl (C=O) groups is 1. The van der Waals surface area contributed by atoms with Crippen molar-refractivity contribution in [2.75, 3.05) is 13.1 Å². The van der Waals surface area contributed by atoms with E-state index in [1.54, 1.807) is 17.0 Å². The van der Waals surface area contributed by atoms with E-state index in [9.17, 15) is 14.3 Å². The number of hydrogen-bond acceptors (Lipinski definition) is 2. The quantitative estimate of drug-likeness (QED) is 0.838. The van der Waals surface area contributed by atoms with Crippen molar-refractivity contribution in [3.8, 4) is 0 Å². The van der Waals surface area contributed by atoms with Gasteiger partial charge in [0.05, 0.1) is 11.2 Å². The average molecular weight is 356 g/mol. The van der Waals surface area contributed by atoms with Crippen LogP contribution in [-0.4, -0.2) is 34.6 Å². The Balaban J connectivity index is 1.81. The second-order valence-corrected chi connectivity index (χ2v) is 7.00. The van der Waals surface area contributed by atoms with Crippen LogP contribution in [0, 0.1) is 11.7 Å². The molecule has 1 aromatic rings. The van der Waals surface area contributed by atoms with Gasteiger partial charge in [0, 0.05) is 23.5 Å². The lowest BCUT2D eigenvalue weighted by molar-refractivity contribution is -0.0886. The molecule has 3 nitrogen and oxygen atoms in total. The Morgan fingerprint density at radius 1 is 1.38 bits per heavy atom. The molecule has 114 valence electrons. The molecule has 0 bridgehead atoms. The normalized spacial score (nSPS) is 29.1. The van der Waals surface area contributed by atoms with Crippen molar-refractivity contribution in [3.63, 3.8) is 0 Å². The van der Waals surface area contributed by atoms with Crippen molar-refractivity contribution in [1.29, 1.82) is 0 Å². The fourth-order valence-electron chi connectivity index (χ4n) is 3.62. The molecule has 0 radical (unpaired) electrons. The first-order chi connectivity index (χ1) is 10.0. The predicted octanol–water partition coefficient (Wildman–Crippen LogP) is 3.36. The molecule has 2 fully saturated rings. The second-order valence-electron chi connectivity index (χ2n) is 6.14. The van der Waals surface area contributed by atoms with Gasteiger partial charge in [0.15, 0.2) is 0 Å². The van der Waals surface area contributed by atoms with E-state index in [1.807, 2.05) is 0 Å². The van der Waals surface area contributed by atoms with E-state index in [0.717, 1.165) is 25.7 Å². The summed E-state index contributed by atoms with van der Waals surface area (Å²) in [6.45, 7) is 1.02. The average Bonchev–Trinajstić information content (AvgIpc) is 2.46. The molecule has 21 heavy (non-hydrogen) atoms. The zero-order chi connectivity index (χ0) is 15.0. The molecule has 1 aliphatic carbocycles. The molecule has 1 aliphatic heterocycles. The summed E-state index contributed by atoms with van der Waals surface area (Å²) in [5.41, 5.74) is -0.527. The molecule has 2 aliphatic rings. The first-order valence-corrected chi connectivity index (χ1v) is 8.26. The minimum absolute atomic E-state index is 0.0961. The van der Waals surface area contributed by atoms with Crippen LogP contribution in [0.1, 0.15) is 42.5 Å². The maximum atomic E-state index is 13.9. The van der Waals surface area contributed by atoms with E-state index in [1.165, 1.54) is 6.07 Å². The number of halogens is 2. The molecule has 2 atom stereocenters. The van der Waals surface area contributed by atoms with Crippen LogP contribution in [0.3, 0.4) is 0 Å². The van der Waals surface area contributed by atoms with Gasteiger partial charge in [-0.2, -0.15) is 0 Å². The van der Waals surface area contributed by atoms with Crippen LogP contribution in [0.5, 0.6) is 0 Å². The number of benzene rings is 1. The van der Waals surface area contributed by atoms with Gasteiger partial charge in [-0.15, -0.1) is 0 Å². The number of rotatable bonds is 1. The Morgan fingerprint density at radius 2 is 2.19 bits per heavy atom. The van der Waals surface area contributed by atoms with E-state index in [4.69, 9.17) is 0 Å². The molecule has 3 rings (SSSR count). The first-order valence-electron chi connectivity index (χ1n) is 7.47. The van der Waals surface area contributed by atoms with Crippen LogP contribution < -0.4 is 0 Å². The minimum atomic E-state index is -0.624. The number of fused-ring (bicyclic) bond motifs is 1. The fourth-order valence-corrected chi connectivity index (χ4v) is 4.13. The van der Waals surface area contributed by atoms with E-state index < -0.39 is 11.4 Å². The van der Waals surface area contributed by atoms with Gasteiger partial charge in [0.25, 0.3) is 5.91 Å². The van der Waals surface area contributed by atoms with Crippen molar-refractivity contribution in [1.82, 2.24) is 4.90 Å². The molecular formula is C16H19BrFNO2. The van der Waals surface area contributed by atoms with Gasteiger partial charge < -0.3 is 10.0 Å². The maximum Gasteiger partial charge on any atom is 0.257 e. The van der Waals surface area contributed by atoms with Crippen LogP contribution >= 0.6 is 15.9 Å². The summed E-state index contributed by atoms with van der Waals surface area (Å²) in [6, 6.07) is 4.56. The SMILES string of the molecule is O=C(c1c(F)cccc1Br)N1CCC2(O)CCCCC2C1. The fraction of sp³-hybridized carbons (Fsp3) is 0.562. The summed E-state index contributed by atoms with van der Waals surface area (Å²) < 4.78 is 14.4. The number of piperidine rings is 1. The van der Waals surface area contributed by atoms with Gasteiger partial charge in [-0.1, -0.05) is 18.9 Å². The highest BCUT2D eigenvalue weighted by atomic mass is 79.9. The van der Waals surface area contributed by atoms with Gasteiger partial charge in [-0.05, 0) is 47.3 Å². The van der Waals surface area contributed by atoms with Crippen molar-refractivity contribution in [3.05, 3.63) is 34.1 Å². The van der Waals surface area contributed by atoms with E-state index in [2.05, 4.69) is 15.9 Å². The van der Waals surface area contributed by atoms with Crippen molar-refractivity contribution in [2.24, 2.45) is 5.92 Å². The van der Waals surface area contributed by atoms with E-state index in [0.29, 0.717) is 24.0 Å². The Bertz CT molecular complexity index is 545. The smallest absolute Gasteiger partial charge is 0.257 e. The Hall–Kier alpha value is -0.940. The zero-order valence-electron chi connectivity index (χ0n) is 11.8. The lowest BCUT2D eigenvalue weighted by Gasteiger charge is -2.47. The topological polar surface area (TPSA) is 40.5 Å². The molecule has 1 aromatic carbocycles. The lowest BCUT2D eigenvalue weighted by Crippen LogP contribution is -2.54. The molecular weight excluding hydrogens is 337 g/mol. The van der Waals surface area contributed by atoms with Gasteiger partial charge in [0.1, 0.15) is 5.82 Å².